The van der Waals surface area contributed by atoms with Gasteiger partial charge in [0.05, 0.1) is 0 Å². The molecule has 274 valence electrons. The fourth-order valence-corrected chi connectivity index (χ4v) is 9.47. The summed E-state index contributed by atoms with van der Waals surface area (Å²) in [6.45, 7) is 4.77. The minimum absolute atomic E-state index is 0.187. The number of benzene rings is 10. The normalized spacial score (nSPS) is 12.8. The highest BCUT2D eigenvalue weighted by Gasteiger charge is 2.36. The van der Waals surface area contributed by atoms with Crippen LogP contribution in [-0.2, 0) is 5.41 Å². The molecule has 1 aliphatic carbocycles. The Balaban J connectivity index is 0.943. The molecule has 10 aromatic carbocycles. The van der Waals surface area contributed by atoms with E-state index in [0.29, 0.717) is 0 Å². The molecule has 1 aliphatic rings. The Morgan fingerprint density at radius 1 is 0.293 bits per heavy atom. The molecule has 0 saturated carbocycles. The third-order valence-electron chi connectivity index (χ3n) is 12.5. The first kappa shape index (κ1) is 34.1. The lowest BCUT2D eigenvalue weighted by Gasteiger charge is -2.28. The second-order valence-corrected chi connectivity index (χ2v) is 16.1. The van der Waals surface area contributed by atoms with Crippen LogP contribution in [0.3, 0.4) is 0 Å². The van der Waals surface area contributed by atoms with Crippen LogP contribution in [0.1, 0.15) is 25.0 Å². The Hall–Kier alpha value is -7.22. The third-order valence-corrected chi connectivity index (χ3v) is 12.5. The van der Waals surface area contributed by atoms with Gasteiger partial charge in [0.1, 0.15) is 0 Å². The topological polar surface area (TPSA) is 3.24 Å². The average Bonchev–Trinajstić information content (AvgIpc) is 3.51. The largest absolute Gasteiger partial charge is 0.310 e. The van der Waals surface area contributed by atoms with Gasteiger partial charge in [-0.2, -0.15) is 0 Å². The predicted octanol–water partition coefficient (Wildman–Crippen LogP) is 15.9. The van der Waals surface area contributed by atoms with Gasteiger partial charge in [-0.25, -0.2) is 0 Å². The van der Waals surface area contributed by atoms with E-state index in [1.807, 2.05) is 0 Å². The Kier molecular flexibility index (Phi) is 7.91. The molecule has 10 aromatic rings. The fourth-order valence-electron chi connectivity index (χ4n) is 9.47. The van der Waals surface area contributed by atoms with Crippen LogP contribution in [0.4, 0.5) is 17.1 Å². The summed E-state index contributed by atoms with van der Waals surface area (Å²) in [6, 6.07) is 78.0. The van der Waals surface area contributed by atoms with Crippen molar-refractivity contribution >= 4 is 49.4 Å². The zero-order chi connectivity index (χ0) is 38.8. The summed E-state index contributed by atoms with van der Waals surface area (Å²) in [6.07, 6.45) is 0. The maximum atomic E-state index is 2.45. The molecule has 0 amide bonds. The highest BCUT2D eigenvalue weighted by atomic mass is 15.1. The Morgan fingerprint density at radius 3 is 1.57 bits per heavy atom. The van der Waals surface area contributed by atoms with Gasteiger partial charge in [-0.3, -0.25) is 0 Å². The molecule has 0 spiro atoms. The summed E-state index contributed by atoms with van der Waals surface area (Å²) in [7, 11) is 0. The molecule has 0 heterocycles. The van der Waals surface area contributed by atoms with E-state index in [-0.39, 0.29) is 5.41 Å². The Labute approximate surface area is 340 Å². The summed E-state index contributed by atoms with van der Waals surface area (Å²) in [4.78, 5) is 2.39. The van der Waals surface area contributed by atoms with Gasteiger partial charge >= 0.3 is 0 Å². The van der Waals surface area contributed by atoms with E-state index in [1.54, 1.807) is 0 Å². The van der Waals surface area contributed by atoms with Crippen molar-refractivity contribution in [1.82, 2.24) is 0 Å². The molecule has 0 radical (unpaired) electrons. The Bertz CT molecular complexity index is 3170. The zero-order valence-electron chi connectivity index (χ0n) is 32.7. The smallest absolute Gasteiger partial charge is 0.0465 e. The molecule has 11 rings (SSSR count). The predicted molar refractivity (Wildman–Crippen MR) is 248 cm³/mol. The van der Waals surface area contributed by atoms with Gasteiger partial charge in [0.25, 0.3) is 0 Å². The minimum atomic E-state index is -0.187. The van der Waals surface area contributed by atoms with E-state index >= 15 is 0 Å². The molecule has 0 fully saturated rings. The summed E-state index contributed by atoms with van der Waals surface area (Å²) in [5, 5.41) is 7.70. The number of anilines is 3. The number of hydrogen-bond donors (Lipinski definition) is 0. The lowest BCUT2D eigenvalue weighted by atomic mass is 9.81. The molecule has 0 aromatic heterocycles. The van der Waals surface area contributed by atoms with Gasteiger partial charge < -0.3 is 4.90 Å². The standard InChI is InChI=1S/C57H41N/c1-57(2)55-36-43(54-35-42-14-7-9-19-49(42)50-20-10-11-21-51(50)54)29-33-52(55)53-34-32-46(37-56(53)57)58(44-16-4-3-5-17-44)45-30-27-39(28-31-45)38-23-25-41(26-24-38)48-22-12-15-40-13-6-8-18-47(40)48/h3-37H,1-2H3. The van der Waals surface area contributed by atoms with Crippen molar-refractivity contribution in [1.29, 1.82) is 0 Å². The molecule has 0 N–H and O–H groups in total. The molecule has 0 unspecified atom stereocenters. The first-order valence-electron chi connectivity index (χ1n) is 20.3. The molecule has 58 heavy (non-hydrogen) atoms. The molecule has 0 atom stereocenters. The first-order chi connectivity index (χ1) is 28.5. The van der Waals surface area contributed by atoms with Gasteiger partial charge in [-0.05, 0) is 136 Å². The van der Waals surface area contributed by atoms with Crippen LogP contribution in [0, 0.1) is 0 Å². The van der Waals surface area contributed by atoms with Crippen molar-refractivity contribution in [3.05, 3.63) is 223 Å². The van der Waals surface area contributed by atoms with E-state index in [0.717, 1.165) is 17.1 Å². The zero-order valence-corrected chi connectivity index (χ0v) is 32.7. The molecular formula is C57H41N. The second kappa shape index (κ2) is 13.5. The van der Waals surface area contributed by atoms with Gasteiger partial charge in [0, 0.05) is 22.5 Å². The van der Waals surface area contributed by atoms with Crippen molar-refractivity contribution in [2.45, 2.75) is 19.3 Å². The molecule has 0 aliphatic heterocycles. The van der Waals surface area contributed by atoms with Crippen LogP contribution in [0.15, 0.2) is 212 Å². The van der Waals surface area contributed by atoms with Gasteiger partial charge in [-0.1, -0.05) is 178 Å². The van der Waals surface area contributed by atoms with E-state index in [9.17, 15) is 0 Å². The number of nitrogens with zero attached hydrogens (tertiary/aromatic N) is 1. The van der Waals surface area contributed by atoms with Crippen molar-refractivity contribution in [2.24, 2.45) is 0 Å². The molecule has 0 bridgehead atoms. The van der Waals surface area contributed by atoms with Crippen molar-refractivity contribution in [3.8, 4) is 44.5 Å². The van der Waals surface area contributed by atoms with Gasteiger partial charge in [-0.15, -0.1) is 0 Å². The van der Waals surface area contributed by atoms with Crippen molar-refractivity contribution in [2.75, 3.05) is 4.90 Å². The second-order valence-electron chi connectivity index (χ2n) is 16.1. The van der Waals surface area contributed by atoms with Crippen LogP contribution in [-0.4, -0.2) is 0 Å². The van der Waals surface area contributed by atoms with Crippen LogP contribution >= 0.6 is 0 Å². The number of hydrogen-bond acceptors (Lipinski definition) is 1. The van der Waals surface area contributed by atoms with Crippen LogP contribution in [0.5, 0.6) is 0 Å². The summed E-state index contributed by atoms with van der Waals surface area (Å²) < 4.78 is 0. The SMILES string of the molecule is CC1(C)c2cc(-c3cc4ccccc4c4ccccc34)ccc2-c2ccc(N(c3ccccc3)c3ccc(-c4ccc(-c5cccc6ccccc56)cc4)cc3)cc21. The van der Waals surface area contributed by atoms with Gasteiger partial charge in [0.2, 0.25) is 0 Å². The maximum Gasteiger partial charge on any atom is 0.0465 e. The minimum Gasteiger partial charge on any atom is -0.310 e. The van der Waals surface area contributed by atoms with Crippen LogP contribution in [0.25, 0.3) is 76.8 Å². The van der Waals surface area contributed by atoms with E-state index < -0.39 is 0 Å². The molecular weight excluding hydrogens is 699 g/mol. The number of rotatable bonds is 6. The lowest BCUT2D eigenvalue weighted by Crippen LogP contribution is -2.16. The van der Waals surface area contributed by atoms with E-state index in [4.69, 9.17) is 0 Å². The van der Waals surface area contributed by atoms with Crippen molar-refractivity contribution < 1.29 is 0 Å². The summed E-state index contributed by atoms with van der Waals surface area (Å²) >= 11 is 0. The van der Waals surface area contributed by atoms with Crippen molar-refractivity contribution in [3.63, 3.8) is 0 Å². The van der Waals surface area contributed by atoms with Crippen LogP contribution < -0.4 is 4.90 Å². The number of para-hydroxylation sites is 1. The highest BCUT2D eigenvalue weighted by molar-refractivity contribution is 6.14. The van der Waals surface area contributed by atoms with E-state index in [2.05, 4.69) is 231 Å². The number of fused-ring (bicyclic) bond motifs is 7. The molecule has 0 saturated heterocycles. The van der Waals surface area contributed by atoms with E-state index in [1.165, 1.54) is 88.0 Å². The lowest BCUT2D eigenvalue weighted by molar-refractivity contribution is 0.660. The maximum absolute atomic E-state index is 2.45. The highest BCUT2D eigenvalue weighted by Crippen LogP contribution is 2.52. The fraction of sp³-hybridized carbons (Fsp3) is 0.0526. The molecule has 1 nitrogen and oxygen atoms in total. The molecule has 1 heteroatoms. The first-order valence-corrected chi connectivity index (χ1v) is 20.3. The Morgan fingerprint density at radius 2 is 0.810 bits per heavy atom. The van der Waals surface area contributed by atoms with Gasteiger partial charge in [0.15, 0.2) is 0 Å². The summed E-state index contributed by atoms with van der Waals surface area (Å²) in [5.74, 6) is 0. The van der Waals surface area contributed by atoms with Crippen LogP contribution in [0.2, 0.25) is 0 Å². The summed E-state index contributed by atoms with van der Waals surface area (Å²) in [5.41, 5.74) is 16.0. The third kappa shape index (κ3) is 5.54. The monoisotopic (exact) mass is 739 g/mol. The average molecular weight is 740 g/mol. The quantitative estimate of drug-likeness (QED) is 0.154.